The van der Waals surface area contributed by atoms with E-state index >= 15 is 0 Å². The van der Waals surface area contributed by atoms with Crippen LogP contribution < -0.4 is 0 Å². The van der Waals surface area contributed by atoms with Crippen molar-refractivity contribution in [2.24, 2.45) is 9.98 Å². The van der Waals surface area contributed by atoms with Gasteiger partial charge in [0.25, 0.3) is 0 Å². The van der Waals surface area contributed by atoms with Gasteiger partial charge in [-0.2, -0.15) is 0 Å². The van der Waals surface area contributed by atoms with Gasteiger partial charge in [-0.3, -0.25) is 4.99 Å². The normalized spacial score (nSPS) is 14.1. The molecule has 0 unspecified atom stereocenters. The summed E-state index contributed by atoms with van der Waals surface area (Å²) in [7, 11) is 0. The maximum Gasteiger partial charge on any atom is 0.155 e. The molecule has 3 heteroatoms. The Bertz CT molecular complexity index is 2350. The van der Waals surface area contributed by atoms with Gasteiger partial charge < -0.3 is 4.42 Å². The van der Waals surface area contributed by atoms with Gasteiger partial charge in [-0.15, -0.1) is 0 Å². The van der Waals surface area contributed by atoms with Gasteiger partial charge in [0.1, 0.15) is 11.2 Å². The second kappa shape index (κ2) is 11.5. The van der Waals surface area contributed by atoms with E-state index in [1.54, 1.807) is 0 Å². The third kappa shape index (κ3) is 4.97. The lowest BCUT2D eigenvalue weighted by Crippen LogP contribution is -2.06. The Balaban J connectivity index is 1.34. The molecule has 8 rings (SSSR count). The van der Waals surface area contributed by atoms with Crippen molar-refractivity contribution in [2.75, 3.05) is 6.54 Å². The smallest absolute Gasteiger partial charge is 0.155 e. The predicted molar refractivity (Wildman–Crippen MR) is 191 cm³/mol. The quantitative estimate of drug-likeness (QED) is 0.113. The first-order valence-electron chi connectivity index (χ1n) is 15.6. The van der Waals surface area contributed by atoms with Crippen LogP contribution in [0.2, 0.25) is 0 Å². The van der Waals surface area contributed by atoms with Crippen LogP contribution in [0, 0.1) is 0 Å². The molecule has 0 saturated carbocycles. The van der Waals surface area contributed by atoms with E-state index in [2.05, 4.69) is 122 Å². The fourth-order valence-electron chi connectivity index (χ4n) is 6.57. The molecule has 0 N–H and O–H groups in total. The maximum atomic E-state index is 6.71. The minimum absolute atomic E-state index is 0.607. The molecule has 3 nitrogen and oxygen atoms in total. The van der Waals surface area contributed by atoms with Crippen LogP contribution in [-0.4, -0.2) is 18.1 Å². The molecule has 1 aliphatic rings. The topological polar surface area (TPSA) is 37.9 Å². The summed E-state index contributed by atoms with van der Waals surface area (Å²) in [5.41, 5.74) is 8.16. The second-order valence-corrected chi connectivity index (χ2v) is 11.6. The average Bonchev–Trinajstić information content (AvgIpc) is 3.50. The molecule has 0 saturated heterocycles. The van der Waals surface area contributed by atoms with E-state index in [9.17, 15) is 0 Å². The van der Waals surface area contributed by atoms with E-state index in [1.165, 1.54) is 27.1 Å². The zero-order chi connectivity index (χ0) is 30.2. The number of hydrogen-bond acceptors (Lipinski definition) is 2. The van der Waals surface area contributed by atoms with Crippen LogP contribution in [0.3, 0.4) is 0 Å². The lowest BCUT2D eigenvalue weighted by atomic mass is 9.91. The van der Waals surface area contributed by atoms with E-state index in [0.29, 0.717) is 6.54 Å². The number of allylic oxidation sites excluding steroid dienone is 2. The van der Waals surface area contributed by atoms with Crippen molar-refractivity contribution in [1.29, 1.82) is 0 Å². The number of rotatable bonds is 5. The van der Waals surface area contributed by atoms with Crippen LogP contribution >= 0.6 is 0 Å². The van der Waals surface area contributed by atoms with Gasteiger partial charge in [-0.25, -0.2) is 4.99 Å². The Morgan fingerprint density at radius 1 is 0.689 bits per heavy atom. The van der Waals surface area contributed by atoms with Crippen molar-refractivity contribution in [2.45, 2.75) is 19.8 Å². The highest BCUT2D eigenvalue weighted by Crippen LogP contribution is 2.42. The predicted octanol–water partition coefficient (Wildman–Crippen LogP) is 11.1. The lowest BCUT2D eigenvalue weighted by molar-refractivity contribution is 0.670. The summed E-state index contributed by atoms with van der Waals surface area (Å²) < 4.78 is 6.71. The standard InChI is InChI=1S/C42H32N2O/c1-28(44-42(30-16-6-3-7-17-30)43-27-29-14-4-2-5-15-29)32-24-25-36(41-40(32)37-22-12-13-23-39(37)45-41)38-26-31-18-8-9-19-33(31)34-20-10-11-21-35(34)38/h3-4,6-26H,2,5,27H2,1H3. The Kier molecular flexibility index (Phi) is 6.92. The van der Waals surface area contributed by atoms with Gasteiger partial charge in [0.15, 0.2) is 5.84 Å². The number of amidine groups is 1. The summed E-state index contributed by atoms with van der Waals surface area (Å²) >= 11 is 0. The Morgan fingerprint density at radius 2 is 1.42 bits per heavy atom. The van der Waals surface area contributed by atoms with Gasteiger partial charge in [0.2, 0.25) is 0 Å². The summed E-state index contributed by atoms with van der Waals surface area (Å²) in [6.07, 6.45) is 8.84. The molecule has 0 radical (unpaired) electrons. The molecule has 7 aromatic rings. The summed E-state index contributed by atoms with van der Waals surface area (Å²) in [6, 6.07) is 42.6. The Labute approximate surface area is 262 Å². The number of benzene rings is 6. The average molecular weight is 581 g/mol. The van der Waals surface area contributed by atoms with Crippen molar-refractivity contribution in [3.8, 4) is 11.1 Å². The van der Waals surface area contributed by atoms with Crippen LogP contribution in [0.4, 0.5) is 0 Å². The number of para-hydroxylation sites is 1. The van der Waals surface area contributed by atoms with Crippen LogP contribution in [0.5, 0.6) is 0 Å². The van der Waals surface area contributed by atoms with E-state index < -0.39 is 0 Å². The number of hydrogen-bond donors (Lipinski definition) is 0. The molecule has 1 aliphatic carbocycles. The molecule has 0 spiro atoms. The molecule has 0 atom stereocenters. The Hall–Kier alpha value is -5.54. The summed E-state index contributed by atoms with van der Waals surface area (Å²) in [5.74, 6) is 0.735. The van der Waals surface area contributed by atoms with Gasteiger partial charge in [0, 0.05) is 33.2 Å². The minimum atomic E-state index is 0.607. The van der Waals surface area contributed by atoms with Crippen molar-refractivity contribution in [1.82, 2.24) is 0 Å². The second-order valence-electron chi connectivity index (χ2n) is 11.6. The van der Waals surface area contributed by atoms with Crippen molar-refractivity contribution in [3.05, 3.63) is 156 Å². The largest absolute Gasteiger partial charge is 0.455 e. The zero-order valence-electron chi connectivity index (χ0n) is 25.2. The lowest BCUT2D eigenvalue weighted by Gasteiger charge is -2.13. The number of fused-ring (bicyclic) bond motifs is 6. The van der Waals surface area contributed by atoms with E-state index in [-0.39, 0.29) is 0 Å². The molecule has 0 amide bonds. The number of aliphatic imine (C=N–C) groups is 2. The van der Waals surface area contributed by atoms with E-state index in [4.69, 9.17) is 14.4 Å². The number of nitrogens with zero attached hydrogens (tertiary/aromatic N) is 2. The fourth-order valence-corrected chi connectivity index (χ4v) is 6.57. The molecule has 1 aromatic heterocycles. The summed E-state index contributed by atoms with van der Waals surface area (Å²) in [4.78, 5) is 10.2. The Morgan fingerprint density at radius 3 is 2.24 bits per heavy atom. The van der Waals surface area contributed by atoms with Gasteiger partial charge in [-0.1, -0.05) is 121 Å². The van der Waals surface area contributed by atoms with Crippen molar-refractivity contribution >= 4 is 55.0 Å². The van der Waals surface area contributed by atoms with Gasteiger partial charge >= 0.3 is 0 Å². The highest BCUT2D eigenvalue weighted by Gasteiger charge is 2.20. The van der Waals surface area contributed by atoms with Crippen molar-refractivity contribution in [3.63, 3.8) is 0 Å². The number of furan rings is 1. The zero-order valence-corrected chi connectivity index (χ0v) is 25.2. The van der Waals surface area contributed by atoms with Crippen LogP contribution in [0.25, 0.3) is 54.6 Å². The van der Waals surface area contributed by atoms with Gasteiger partial charge in [-0.05, 0) is 70.6 Å². The van der Waals surface area contributed by atoms with E-state index in [1.807, 2.05) is 24.3 Å². The molecule has 45 heavy (non-hydrogen) atoms. The molecule has 0 bridgehead atoms. The van der Waals surface area contributed by atoms with Crippen molar-refractivity contribution < 1.29 is 4.42 Å². The first kappa shape index (κ1) is 27.0. The molecule has 6 aromatic carbocycles. The molecule has 0 aliphatic heterocycles. The molecule has 1 heterocycles. The van der Waals surface area contributed by atoms with Crippen LogP contribution in [-0.2, 0) is 0 Å². The first-order chi connectivity index (χ1) is 22.2. The monoisotopic (exact) mass is 580 g/mol. The maximum absolute atomic E-state index is 6.71. The summed E-state index contributed by atoms with van der Waals surface area (Å²) in [6.45, 7) is 2.69. The van der Waals surface area contributed by atoms with E-state index in [0.717, 1.165) is 68.6 Å². The van der Waals surface area contributed by atoms with Crippen LogP contribution in [0.15, 0.2) is 160 Å². The molecular weight excluding hydrogens is 548 g/mol. The summed E-state index contributed by atoms with van der Waals surface area (Å²) in [5, 5.41) is 7.07. The first-order valence-corrected chi connectivity index (χ1v) is 15.6. The molecular formula is C42H32N2O. The SMILES string of the molecule is CC(=NC(=NCC1=CCCC=C1)c1ccccc1)c1ccc(-c2cc3ccccc3c3ccccc23)c2oc3ccccc3c12. The molecule has 0 fully saturated rings. The third-order valence-electron chi connectivity index (χ3n) is 8.76. The fraction of sp³-hybridized carbons (Fsp3) is 0.0952. The minimum Gasteiger partial charge on any atom is -0.455 e. The van der Waals surface area contributed by atoms with Crippen LogP contribution in [0.1, 0.15) is 30.9 Å². The highest BCUT2D eigenvalue weighted by atomic mass is 16.3. The molecule has 216 valence electrons. The van der Waals surface area contributed by atoms with Gasteiger partial charge in [0.05, 0.1) is 6.54 Å². The highest BCUT2D eigenvalue weighted by molar-refractivity contribution is 6.24. The third-order valence-corrected chi connectivity index (χ3v) is 8.76.